The van der Waals surface area contributed by atoms with Gasteiger partial charge in [-0.1, -0.05) is 73.7 Å². The smallest absolute Gasteiger partial charge is 0.163 e. The molecule has 0 bridgehead atoms. The number of rotatable bonds is 3. The summed E-state index contributed by atoms with van der Waals surface area (Å²) in [5.74, 6) is 0. The fourth-order valence-corrected chi connectivity index (χ4v) is 3.70. The van der Waals surface area contributed by atoms with Crippen molar-refractivity contribution in [3.8, 4) is 22.4 Å². The molecule has 0 fully saturated rings. The van der Waals surface area contributed by atoms with Crippen LogP contribution in [0.3, 0.4) is 0 Å². The summed E-state index contributed by atoms with van der Waals surface area (Å²) in [6, 6.07) is 27.4. The van der Waals surface area contributed by atoms with E-state index in [2.05, 4.69) is 78.6 Å². The van der Waals surface area contributed by atoms with Crippen LogP contribution in [0.2, 0.25) is 0 Å². The van der Waals surface area contributed by atoms with E-state index in [1.54, 1.807) is 0 Å². The lowest BCUT2D eigenvalue weighted by Gasteiger charge is -2.07. The van der Waals surface area contributed by atoms with Gasteiger partial charge in [0.15, 0.2) is 5.65 Å². The predicted molar refractivity (Wildman–Crippen MR) is 111 cm³/mol. The SMILES string of the molecule is CCc1nn2c(-c3ccc4ccccc4c3)ccnc2c1-c1ccccc1. The number of aryl methyl sites for hydroxylation is 1. The van der Waals surface area contributed by atoms with Crippen molar-refractivity contribution in [2.45, 2.75) is 13.3 Å². The van der Waals surface area contributed by atoms with Crippen molar-refractivity contribution in [1.29, 1.82) is 0 Å². The molecule has 0 N–H and O–H groups in total. The normalized spacial score (nSPS) is 11.3. The van der Waals surface area contributed by atoms with Crippen LogP contribution in [0, 0.1) is 0 Å². The van der Waals surface area contributed by atoms with Gasteiger partial charge in [0.2, 0.25) is 0 Å². The zero-order valence-electron chi connectivity index (χ0n) is 15.1. The molecule has 0 radical (unpaired) electrons. The lowest BCUT2D eigenvalue weighted by molar-refractivity contribution is 0.894. The highest BCUT2D eigenvalue weighted by atomic mass is 15.3. The van der Waals surface area contributed by atoms with E-state index in [1.165, 1.54) is 10.8 Å². The second-order valence-corrected chi connectivity index (χ2v) is 6.67. The van der Waals surface area contributed by atoms with Gasteiger partial charge in [0.05, 0.1) is 11.4 Å². The molecule has 0 amide bonds. The van der Waals surface area contributed by atoms with Crippen molar-refractivity contribution in [1.82, 2.24) is 14.6 Å². The minimum absolute atomic E-state index is 0.866. The van der Waals surface area contributed by atoms with Crippen molar-refractivity contribution in [3.05, 3.63) is 90.8 Å². The van der Waals surface area contributed by atoms with Crippen LogP contribution < -0.4 is 0 Å². The Hall–Kier alpha value is -3.46. The summed E-state index contributed by atoms with van der Waals surface area (Å²) < 4.78 is 1.99. The van der Waals surface area contributed by atoms with Crippen LogP contribution in [0.4, 0.5) is 0 Å². The molecular weight excluding hydrogens is 330 g/mol. The van der Waals surface area contributed by atoms with Crippen LogP contribution in [-0.2, 0) is 6.42 Å². The Labute approximate surface area is 157 Å². The summed E-state index contributed by atoms with van der Waals surface area (Å²) in [7, 11) is 0. The fraction of sp³-hybridized carbons (Fsp3) is 0.0833. The standard InChI is InChI=1S/C24H19N3/c1-2-21-23(18-9-4-3-5-10-18)24-25-15-14-22(27(24)26-21)20-13-12-17-8-6-7-11-19(17)16-20/h3-16H,2H2,1H3. The summed E-state index contributed by atoms with van der Waals surface area (Å²) in [6.45, 7) is 2.14. The molecular formula is C24H19N3. The molecule has 2 heterocycles. The highest BCUT2D eigenvalue weighted by Crippen LogP contribution is 2.31. The number of hydrogen-bond acceptors (Lipinski definition) is 2. The summed E-state index contributed by atoms with van der Waals surface area (Å²) in [5.41, 5.74) is 6.47. The third-order valence-electron chi connectivity index (χ3n) is 5.03. The van der Waals surface area contributed by atoms with Gasteiger partial charge in [-0.05, 0) is 34.9 Å². The van der Waals surface area contributed by atoms with Crippen molar-refractivity contribution in [2.75, 3.05) is 0 Å². The first-order valence-electron chi connectivity index (χ1n) is 9.26. The highest BCUT2D eigenvalue weighted by Gasteiger charge is 2.17. The molecule has 3 nitrogen and oxygen atoms in total. The Morgan fingerprint density at radius 3 is 2.37 bits per heavy atom. The van der Waals surface area contributed by atoms with Gasteiger partial charge in [0.25, 0.3) is 0 Å². The molecule has 0 aliphatic carbocycles. The first kappa shape index (κ1) is 15.8. The molecule has 0 spiro atoms. The van der Waals surface area contributed by atoms with E-state index >= 15 is 0 Å². The average Bonchev–Trinajstić information content (AvgIpc) is 3.13. The number of aromatic nitrogens is 3. The fourth-order valence-electron chi connectivity index (χ4n) is 3.70. The molecule has 5 rings (SSSR count). The van der Waals surface area contributed by atoms with Crippen molar-refractivity contribution in [3.63, 3.8) is 0 Å². The number of nitrogens with zero attached hydrogens (tertiary/aromatic N) is 3. The molecule has 27 heavy (non-hydrogen) atoms. The Morgan fingerprint density at radius 2 is 1.56 bits per heavy atom. The molecule has 0 aliphatic rings. The first-order chi connectivity index (χ1) is 13.3. The molecule has 5 aromatic rings. The van der Waals surface area contributed by atoms with Gasteiger partial charge in [-0.15, -0.1) is 0 Å². The molecule has 0 atom stereocenters. The van der Waals surface area contributed by atoms with E-state index in [9.17, 15) is 0 Å². The summed E-state index contributed by atoms with van der Waals surface area (Å²) >= 11 is 0. The van der Waals surface area contributed by atoms with Gasteiger partial charge < -0.3 is 0 Å². The largest absolute Gasteiger partial charge is 0.236 e. The second kappa shape index (κ2) is 6.36. The average molecular weight is 349 g/mol. The molecule has 0 aliphatic heterocycles. The summed E-state index contributed by atoms with van der Waals surface area (Å²) in [6.07, 6.45) is 2.75. The van der Waals surface area contributed by atoms with Crippen molar-refractivity contribution >= 4 is 16.4 Å². The van der Waals surface area contributed by atoms with Gasteiger partial charge in [-0.2, -0.15) is 5.10 Å². The van der Waals surface area contributed by atoms with Crippen molar-refractivity contribution in [2.24, 2.45) is 0 Å². The maximum atomic E-state index is 4.92. The number of fused-ring (bicyclic) bond motifs is 2. The maximum absolute atomic E-state index is 4.92. The summed E-state index contributed by atoms with van der Waals surface area (Å²) in [4.78, 5) is 4.68. The molecule has 3 aromatic carbocycles. The topological polar surface area (TPSA) is 30.2 Å². The van der Waals surface area contributed by atoms with Gasteiger partial charge in [-0.25, -0.2) is 9.50 Å². The van der Waals surface area contributed by atoms with Gasteiger partial charge in [0, 0.05) is 17.3 Å². The van der Waals surface area contributed by atoms with E-state index in [0.29, 0.717) is 0 Å². The van der Waals surface area contributed by atoms with Crippen LogP contribution in [0.15, 0.2) is 85.1 Å². The quantitative estimate of drug-likeness (QED) is 0.413. The third-order valence-corrected chi connectivity index (χ3v) is 5.03. The monoisotopic (exact) mass is 349 g/mol. The molecule has 0 saturated carbocycles. The van der Waals surface area contributed by atoms with Crippen molar-refractivity contribution < 1.29 is 0 Å². The minimum atomic E-state index is 0.866. The Balaban J connectivity index is 1.77. The number of benzene rings is 3. The lowest BCUT2D eigenvalue weighted by Crippen LogP contribution is -1.96. The van der Waals surface area contributed by atoms with Gasteiger partial charge >= 0.3 is 0 Å². The molecule has 130 valence electrons. The van der Waals surface area contributed by atoms with Gasteiger partial charge in [-0.3, -0.25) is 0 Å². The van der Waals surface area contributed by atoms with Crippen LogP contribution in [-0.4, -0.2) is 14.6 Å². The maximum Gasteiger partial charge on any atom is 0.163 e. The van der Waals surface area contributed by atoms with Gasteiger partial charge in [0.1, 0.15) is 0 Å². The van der Waals surface area contributed by atoms with E-state index in [1.807, 2.05) is 22.8 Å². The van der Waals surface area contributed by atoms with Crippen LogP contribution in [0.1, 0.15) is 12.6 Å². The second-order valence-electron chi connectivity index (χ2n) is 6.67. The Bertz CT molecular complexity index is 1250. The Kier molecular flexibility index (Phi) is 3.72. The molecule has 3 heteroatoms. The van der Waals surface area contributed by atoms with Crippen LogP contribution in [0.25, 0.3) is 38.8 Å². The highest BCUT2D eigenvalue weighted by molar-refractivity contribution is 5.88. The van der Waals surface area contributed by atoms with E-state index < -0.39 is 0 Å². The lowest BCUT2D eigenvalue weighted by atomic mass is 10.0. The van der Waals surface area contributed by atoms with Crippen LogP contribution >= 0.6 is 0 Å². The Morgan fingerprint density at radius 1 is 0.778 bits per heavy atom. The van der Waals surface area contributed by atoms with E-state index in [0.717, 1.165) is 40.1 Å². The minimum Gasteiger partial charge on any atom is -0.236 e. The predicted octanol–water partition coefficient (Wildman–Crippen LogP) is 5.78. The number of hydrogen-bond donors (Lipinski definition) is 0. The molecule has 2 aromatic heterocycles. The van der Waals surface area contributed by atoms with E-state index in [-0.39, 0.29) is 0 Å². The molecule has 0 unspecified atom stereocenters. The molecule has 0 saturated heterocycles. The first-order valence-corrected chi connectivity index (χ1v) is 9.26. The third kappa shape index (κ3) is 2.59. The summed E-state index contributed by atoms with van der Waals surface area (Å²) in [5, 5.41) is 7.39. The zero-order valence-corrected chi connectivity index (χ0v) is 15.1. The van der Waals surface area contributed by atoms with E-state index in [4.69, 9.17) is 5.10 Å². The zero-order chi connectivity index (χ0) is 18.2. The van der Waals surface area contributed by atoms with Crippen LogP contribution in [0.5, 0.6) is 0 Å².